The zero-order valence-electron chi connectivity index (χ0n) is 20.7. The summed E-state index contributed by atoms with van der Waals surface area (Å²) in [6.07, 6.45) is 1.90. The van der Waals surface area contributed by atoms with Crippen LogP contribution in [0.4, 0.5) is 4.39 Å². The quantitative estimate of drug-likeness (QED) is 0.268. The summed E-state index contributed by atoms with van der Waals surface area (Å²) in [6.45, 7) is 2.03. The number of aryl methyl sites for hydroxylation is 2. The molecule has 0 atom stereocenters. The molecule has 0 aliphatic heterocycles. The molecule has 5 rings (SSSR count). The van der Waals surface area contributed by atoms with Crippen LogP contribution in [0.25, 0.3) is 28.0 Å². The SMILES string of the molecule is Cc1ccc(Cc2noc(-c3ccc4c(=O)n(-c5ccc(F)cc5)c(CCCCC(=O)O)nc4c3)n2)cc1. The normalized spacial score (nSPS) is 11.2. The van der Waals surface area contributed by atoms with Crippen molar-refractivity contribution in [3.8, 4) is 17.1 Å². The first-order valence-corrected chi connectivity index (χ1v) is 12.3. The number of benzene rings is 3. The Bertz CT molecular complexity index is 1660. The van der Waals surface area contributed by atoms with E-state index in [0.29, 0.717) is 65.4 Å². The van der Waals surface area contributed by atoms with Gasteiger partial charge < -0.3 is 9.63 Å². The van der Waals surface area contributed by atoms with Gasteiger partial charge in [0.1, 0.15) is 11.6 Å². The number of aromatic nitrogens is 4. The van der Waals surface area contributed by atoms with Crippen molar-refractivity contribution >= 4 is 16.9 Å². The molecule has 0 saturated carbocycles. The van der Waals surface area contributed by atoms with Gasteiger partial charge in [0.25, 0.3) is 11.4 Å². The minimum absolute atomic E-state index is 0.0284. The fourth-order valence-electron chi connectivity index (χ4n) is 4.28. The van der Waals surface area contributed by atoms with Crippen LogP contribution < -0.4 is 5.56 Å². The van der Waals surface area contributed by atoms with Crippen molar-refractivity contribution in [1.82, 2.24) is 19.7 Å². The number of halogens is 1. The molecule has 0 amide bonds. The Morgan fingerprint density at radius 2 is 1.76 bits per heavy atom. The monoisotopic (exact) mass is 512 g/mol. The van der Waals surface area contributed by atoms with Gasteiger partial charge in [-0.2, -0.15) is 4.98 Å². The number of hydrogen-bond acceptors (Lipinski definition) is 6. The van der Waals surface area contributed by atoms with Gasteiger partial charge in [-0.05, 0) is 67.8 Å². The predicted octanol–water partition coefficient (Wildman–Crippen LogP) is 5.27. The number of rotatable bonds is 9. The van der Waals surface area contributed by atoms with E-state index in [1.165, 1.54) is 34.4 Å². The van der Waals surface area contributed by atoms with E-state index in [1.54, 1.807) is 18.2 Å². The van der Waals surface area contributed by atoms with Crippen molar-refractivity contribution < 1.29 is 18.8 Å². The molecule has 0 aliphatic rings. The average Bonchev–Trinajstić information content (AvgIpc) is 3.37. The van der Waals surface area contributed by atoms with Gasteiger partial charge in [0, 0.05) is 24.8 Å². The van der Waals surface area contributed by atoms with Crippen LogP contribution in [0.3, 0.4) is 0 Å². The highest BCUT2D eigenvalue weighted by atomic mass is 19.1. The van der Waals surface area contributed by atoms with Crippen molar-refractivity contribution in [3.63, 3.8) is 0 Å². The minimum atomic E-state index is -0.877. The lowest BCUT2D eigenvalue weighted by Crippen LogP contribution is -2.24. The van der Waals surface area contributed by atoms with Gasteiger partial charge in [0.15, 0.2) is 5.82 Å². The Hall–Kier alpha value is -4.66. The fourth-order valence-corrected chi connectivity index (χ4v) is 4.28. The molecule has 2 aromatic heterocycles. The maximum atomic E-state index is 13.5. The zero-order chi connectivity index (χ0) is 26.6. The number of unbranched alkanes of at least 4 members (excludes halogenated alkanes) is 1. The third-order valence-electron chi connectivity index (χ3n) is 6.26. The van der Waals surface area contributed by atoms with Crippen molar-refractivity contribution in [1.29, 1.82) is 0 Å². The molecule has 3 aromatic carbocycles. The third kappa shape index (κ3) is 5.51. The Labute approximate surface area is 217 Å². The number of aliphatic carboxylic acids is 1. The van der Waals surface area contributed by atoms with Gasteiger partial charge in [-0.25, -0.2) is 9.37 Å². The molecule has 38 heavy (non-hydrogen) atoms. The summed E-state index contributed by atoms with van der Waals surface area (Å²) in [5, 5.41) is 13.4. The van der Waals surface area contributed by atoms with E-state index in [2.05, 4.69) is 10.1 Å². The third-order valence-corrected chi connectivity index (χ3v) is 6.26. The first-order chi connectivity index (χ1) is 18.4. The van der Waals surface area contributed by atoms with Crippen LogP contribution in [-0.4, -0.2) is 30.8 Å². The van der Waals surface area contributed by atoms with Crippen molar-refractivity contribution in [2.24, 2.45) is 0 Å². The summed E-state index contributed by atoms with van der Waals surface area (Å²) < 4.78 is 20.5. The molecule has 2 heterocycles. The molecule has 0 unspecified atom stereocenters. The molecule has 0 aliphatic carbocycles. The number of hydrogen-bond donors (Lipinski definition) is 1. The second-order valence-electron chi connectivity index (χ2n) is 9.16. The van der Waals surface area contributed by atoms with Crippen molar-refractivity contribution in [2.75, 3.05) is 0 Å². The van der Waals surface area contributed by atoms with E-state index in [9.17, 15) is 14.0 Å². The molecule has 0 saturated heterocycles. The first kappa shape index (κ1) is 25.0. The second-order valence-corrected chi connectivity index (χ2v) is 9.16. The Morgan fingerprint density at radius 1 is 1.00 bits per heavy atom. The number of fused-ring (bicyclic) bond motifs is 1. The van der Waals surface area contributed by atoms with E-state index < -0.39 is 11.8 Å². The maximum Gasteiger partial charge on any atom is 0.303 e. The molecular weight excluding hydrogens is 487 g/mol. The minimum Gasteiger partial charge on any atom is -0.481 e. The Morgan fingerprint density at radius 3 is 2.50 bits per heavy atom. The van der Waals surface area contributed by atoms with E-state index in [-0.39, 0.29) is 12.0 Å². The van der Waals surface area contributed by atoms with Crippen LogP contribution in [-0.2, 0) is 17.6 Å². The van der Waals surface area contributed by atoms with Crippen LogP contribution in [0.5, 0.6) is 0 Å². The van der Waals surface area contributed by atoms with Crippen molar-refractivity contribution in [3.05, 3.63) is 106 Å². The standard InChI is InChI=1S/C29H25FN4O4/c1-18-6-8-19(9-7-18)16-25-32-28(38-33-25)20-10-15-23-24(17-20)31-26(4-2-3-5-27(35)36)34(29(23)37)22-13-11-21(30)12-14-22/h6-15,17H,2-5,16H2,1H3,(H,35,36). The van der Waals surface area contributed by atoms with Gasteiger partial charge >= 0.3 is 5.97 Å². The molecular formula is C29H25FN4O4. The summed E-state index contributed by atoms with van der Waals surface area (Å²) in [7, 11) is 0. The van der Waals surface area contributed by atoms with Gasteiger partial charge in [-0.1, -0.05) is 35.0 Å². The van der Waals surface area contributed by atoms with Gasteiger partial charge in [0.2, 0.25) is 0 Å². The molecule has 192 valence electrons. The average molecular weight is 513 g/mol. The Kier molecular flexibility index (Phi) is 7.08. The summed E-state index contributed by atoms with van der Waals surface area (Å²) in [6, 6.07) is 18.8. The number of nitrogens with zero attached hydrogens (tertiary/aromatic N) is 4. The molecule has 0 bridgehead atoms. The largest absolute Gasteiger partial charge is 0.481 e. The molecule has 0 spiro atoms. The van der Waals surface area contributed by atoms with Crippen LogP contribution in [0, 0.1) is 12.7 Å². The molecule has 1 N–H and O–H groups in total. The smallest absolute Gasteiger partial charge is 0.303 e. The molecule has 0 radical (unpaired) electrons. The summed E-state index contributed by atoms with van der Waals surface area (Å²) >= 11 is 0. The van der Waals surface area contributed by atoms with E-state index in [4.69, 9.17) is 14.6 Å². The highest BCUT2D eigenvalue weighted by Gasteiger charge is 2.16. The number of carboxylic acids is 1. The van der Waals surface area contributed by atoms with Crippen molar-refractivity contribution in [2.45, 2.75) is 39.0 Å². The topological polar surface area (TPSA) is 111 Å². The molecule has 8 nitrogen and oxygen atoms in total. The predicted molar refractivity (Wildman–Crippen MR) is 140 cm³/mol. The highest BCUT2D eigenvalue weighted by molar-refractivity contribution is 5.82. The van der Waals surface area contributed by atoms with Gasteiger partial charge in [0.05, 0.1) is 16.6 Å². The van der Waals surface area contributed by atoms with Gasteiger partial charge in [-0.15, -0.1) is 0 Å². The number of carboxylic acid groups (broad SMARTS) is 1. The maximum absolute atomic E-state index is 13.5. The van der Waals surface area contributed by atoms with E-state index in [1.807, 2.05) is 31.2 Å². The van der Waals surface area contributed by atoms with Crippen LogP contribution >= 0.6 is 0 Å². The molecule has 9 heteroatoms. The summed E-state index contributed by atoms with van der Waals surface area (Å²) in [5.74, 6) is 0.0365. The fraction of sp³-hybridized carbons (Fsp3) is 0.207. The van der Waals surface area contributed by atoms with E-state index >= 15 is 0 Å². The number of carbonyl (C=O) groups is 1. The molecule has 5 aromatic rings. The van der Waals surface area contributed by atoms with E-state index in [0.717, 1.165) is 5.56 Å². The zero-order valence-corrected chi connectivity index (χ0v) is 20.7. The first-order valence-electron chi connectivity index (χ1n) is 12.3. The molecule has 0 fully saturated rings. The van der Waals surface area contributed by atoms with Gasteiger partial charge in [-0.3, -0.25) is 14.2 Å². The van der Waals surface area contributed by atoms with Crippen LogP contribution in [0.1, 0.15) is 42.0 Å². The van der Waals surface area contributed by atoms with Crippen LogP contribution in [0.15, 0.2) is 76.0 Å². The highest BCUT2D eigenvalue weighted by Crippen LogP contribution is 2.23. The summed E-state index contributed by atoms with van der Waals surface area (Å²) in [5.41, 5.74) is 3.51. The lowest BCUT2D eigenvalue weighted by atomic mass is 10.1. The van der Waals surface area contributed by atoms with Crippen LogP contribution in [0.2, 0.25) is 0 Å². The second kappa shape index (κ2) is 10.8. The summed E-state index contributed by atoms with van der Waals surface area (Å²) in [4.78, 5) is 33.7. The Balaban J connectivity index is 1.50. The lowest BCUT2D eigenvalue weighted by Gasteiger charge is -2.14. The lowest BCUT2D eigenvalue weighted by molar-refractivity contribution is -0.137.